The molecule has 8 heteroatoms. The van der Waals surface area contributed by atoms with Crippen LogP contribution in [-0.2, 0) is 4.79 Å². The summed E-state index contributed by atoms with van der Waals surface area (Å²) in [5.74, 6) is 0.448. The fourth-order valence-electron chi connectivity index (χ4n) is 4.50. The fraction of sp³-hybridized carbons (Fsp3) is 0.609. The zero-order valence-corrected chi connectivity index (χ0v) is 18.4. The summed E-state index contributed by atoms with van der Waals surface area (Å²) in [6, 6.07) is 4.98. The van der Waals surface area contributed by atoms with Crippen molar-refractivity contribution in [1.29, 1.82) is 0 Å². The molecule has 3 aliphatic rings. The molecule has 0 radical (unpaired) electrons. The van der Waals surface area contributed by atoms with E-state index in [1.54, 1.807) is 28.0 Å². The van der Waals surface area contributed by atoms with E-state index < -0.39 is 0 Å². The van der Waals surface area contributed by atoms with Gasteiger partial charge in [0.2, 0.25) is 5.91 Å². The topological polar surface area (TPSA) is 93.8 Å². The van der Waals surface area contributed by atoms with Gasteiger partial charge in [0.25, 0.3) is 5.91 Å². The SMILES string of the molecule is CC1CC(=O)Nc2cc(C(=O)NCCC3CC3)ccc2N1C(=O)N(C)C1CCNCC1. The normalized spacial score (nSPS) is 21.7. The molecule has 0 spiro atoms. The first-order chi connectivity index (χ1) is 14.9. The van der Waals surface area contributed by atoms with E-state index in [1.165, 1.54) is 12.8 Å². The number of anilines is 2. The van der Waals surface area contributed by atoms with Crippen LogP contribution < -0.4 is 20.9 Å². The Morgan fingerprint density at radius 3 is 2.65 bits per heavy atom. The van der Waals surface area contributed by atoms with Gasteiger partial charge in [0, 0.05) is 37.7 Å². The van der Waals surface area contributed by atoms with Crippen molar-refractivity contribution >= 4 is 29.2 Å². The molecule has 168 valence electrons. The number of urea groups is 1. The minimum atomic E-state index is -0.281. The van der Waals surface area contributed by atoms with Crippen molar-refractivity contribution in [1.82, 2.24) is 15.5 Å². The molecule has 1 atom stereocenters. The molecule has 1 aliphatic carbocycles. The number of fused-ring (bicyclic) bond motifs is 1. The maximum Gasteiger partial charge on any atom is 0.324 e. The Bertz CT molecular complexity index is 848. The first kappa shape index (κ1) is 21.6. The van der Waals surface area contributed by atoms with Crippen LogP contribution in [0.3, 0.4) is 0 Å². The summed E-state index contributed by atoms with van der Waals surface area (Å²) in [6.07, 6.45) is 5.56. The number of carbonyl (C=O) groups is 3. The third-order valence-electron chi connectivity index (χ3n) is 6.61. The summed E-state index contributed by atoms with van der Waals surface area (Å²) in [4.78, 5) is 42.0. The molecule has 4 amide bonds. The van der Waals surface area contributed by atoms with Crippen molar-refractivity contribution in [3.63, 3.8) is 0 Å². The van der Waals surface area contributed by atoms with Gasteiger partial charge in [0.1, 0.15) is 0 Å². The number of nitrogens with zero attached hydrogens (tertiary/aromatic N) is 2. The monoisotopic (exact) mass is 427 g/mol. The second kappa shape index (κ2) is 9.26. The molecule has 2 aliphatic heterocycles. The third-order valence-corrected chi connectivity index (χ3v) is 6.61. The lowest BCUT2D eigenvalue weighted by Gasteiger charge is -2.37. The molecule has 1 aromatic carbocycles. The van der Waals surface area contributed by atoms with Gasteiger partial charge in [-0.15, -0.1) is 0 Å². The molecule has 1 saturated heterocycles. The quantitative estimate of drug-likeness (QED) is 0.673. The average Bonchev–Trinajstić information content (AvgIpc) is 3.59. The Labute approximate surface area is 183 Å². The smallest absolute Gasteiger partial charge is 0.324 e. The molecule has 1 unspecified atom stereocenters. The van der Waals surface area contributed by atoms with E-state index >= 15 is 0 Å². The summed E-state index contributed by atoms with van der Waals surface area (Å²) < 4.78 is 0. The molecular weight excluding hydrogens is 394 g/mol. The first-order valence-corrected chi connectivity index (χ1v) is 11.4. The summed E-state index contributed by atoms with van der Waals surface area (Å²) in [7, 11) is 1.84. The van der Waals surface area contributed by atoms with Crippen molar-refractivity contribution in [2.45, 2.75) is 57.5 Å². The van der Waals surface area contributed by atoms with Gasteiger partial charge in [0.15, 0.2) is 0 Å². The van der Waals surface area contributed by atoms with Gasteiger partial charge >= 0.3 is 6.03 Å². The highest BCUT2D eigenvalue weighted by atomic mass is 16.2. The van der Waals surface area contributed by atoms with Crippen molar-refractivity contribution < 1.29 is 14.4 Å². The number of benzene rings is 1. The van der Waals surface area contributed by atoms with Gasteiger partial charge in [-0.05, 0) is 63.4 Å². The van der Waals surface area contributed by atoms with E-state index in [-0.39, 0.29) is 36.3 Å². The molecule has 31 heavy (non-hydrogen) atoms. The molecule has 1 saturated carbocycles. The number of rotatable bonds is 5. The van der Waals surface area contributed by atoms with Gasteiger partial charge in [0.05, 0.1) is 11.4 Å². The maximum atomic E-state index is 13.5. The number of amides is 4. The first-order valence-electron chi connectivity index (χ1n) is 11.4. The highest BCUT2D eigenvalue weighted by Crippen LogP contribution is 2.34. The molecular formula is C23H33N5O3. The van der Waals surface area contributed by atoms with Gasteiger partial charge in [-0.1, -0.05) is 12.8 Å². The van der Waals surface area contributed by atoms with E-state index in [9.17, 15) is 14.4 Å². The van der Waals surface area contributed by atoms with Gasteiger partial charge in [-0.2, -0.15) is 0 Å². The number of piperidine rings is 1. The van der Waals surface area contributed by atoms with Gasteiger partial charge in [-0.25, -0.2) is 4.79 Å². The van der Waals surface area contributed by atoms with E-state index in [4.69, 9.17) is 0 Å². The Kier molecular flexibility index (Phi) is 6.46. The Morgan fingerprint density at radius 1 is 1.19 bits per heavy atom. The van der Waals surface area contributed by atoms with Crippen molar-refractivity contribution in [2.75, 3.05) is 36.9 Å². The molecule has 2 heterocycles. The fourth-order valence-corrected chi connectivity index (χ4v) is 4.50. The summed E-state index contributed by atoms with van der Waals surface area (Å²) >= 11 is 0. The van der Waals surface area contributed by atoms with Crippen LogP contribution in [0.1, 0.15) is 55.8 Å². The van der Waals surface area contributed by atoms with E-state index in [2.05, 4.69) is 16.0 Å². The van der Waals surface area contributed by atoms with Crippen molar-refractivity contribution in [2.24, 2.45) is 5.92 Å². The standard InChI is InChI=1S/C23H33N5O3/c1-15-13-21(29)26-19-14-17(22(30)25-12-7-16-3-4-16)5-6-20(19)28(15)23(31)27(2)18-8-10-24-11-9-18/h5-6,14-16,18,24H,3-4,7-13H2,1-2H3,(H,25,30)(H,26,29). The largest absolute Gasteiger partial charge is 0.352 e. The lowest BCUT2D eigenvalue weighted by molar-refractivity contribution is -0.116. The van der Waals surface area contributed by atoms with Crippen molar-refractivity contribution in [3.05, 3.63) is 23.8 Å². The Morgan fingerprint density at radius 2 is 1.94 bits per heavy atom. The lowest BCUT2D eigenvalue weighted by atomic mass is 10.1. The Balaban J connectivity index is 1.55. The highest BCUT2D eigenvalue weighted by molar-refractivity contribution is 6.06. The summed E-state index contributed by atoms with van der Waals surface area (Å²) in [5, 5.41) is 9.18. The van der Waals surface area contributed by atoms with Crippen LogP contribution in [0.2, 0.25) is 0 Å². The van der Waals surface area contributed by atoms with E-state index in [1.807, 2.05) is 14.0 Å². The molecule has 2 fully saturated rings. The summed E-state index contributed by atoms with van der Waals surface area (Å²) in [6.45, 7) is 4.35. The van der Waals surface area contributed by atoms with Crippen LogP contribution in [0.5, 0.6) is 0 Å². The van der Waals surface area contributed by atoms with Crippen LogP contribution in [-0.4, -0.2) is 61.5 Å². The van der Waals surface area contributed by atoms with Crippen LogP contribution in [0, 0.1) is 5.92 Å². The highest BCUT2D eigenvalue weighted by Gasteiger charge is 2.34. The second-order valence-corrected chi connectivity index (χ2v) is 9.07. The van der Waals surface area contributed by atoms with Gasteiger partial charge < -0.3 is 20.9 Å². The number of hydrogen-bond donors (Lipinski definition) is 3. The van der Waals surface area contributed by atoms with Crippen LogP contribution >= 0.6 is 0 Å². The van der Waals surface area contributed by atoms with E-state index in [0.717, 1.165) is 38.3 Å². The average molecular weight is 428 g/mol. The third kappa shape index (κ3) is 5.01. The van der Waals surface area contributed by atoms with E-state index in [0.29, 0.717) is 23.5 Å². The van der Waals surface area contributed by atoms with Crippen LogP contribution in [0.15, 0.2) is 18.2 Å². The number of carbonyl (C=O) groups excluding carboxylic acids is 3. The second-order valence-electron chi connectivity index (χ2n) is 9.07. The van der Waals surface area contributed by atoms with Crippen molar-refractivity contribution in [3.8, 4) is 0 Å². The predicted octanol–water partition coefficient (Wildman–Crippen LogP) is 2.56. The molecule has 0 bridgehead atoms. The predicted molar refractivity (Wildman–Crippen MR) is 120 cm³/mol. The minimum Gasteiger partial charge on any atom is -0.352 e. The molecule has 4 rings (SSSR count). The minimum absolute atomic E-state index is 0.112. The number of nitrogens with one attached hydrogen (secondary N) is 3. The van der Waals surface area contributed by atoms with Crippen LogP contribution in [0.25, 0.3) is 0 Å². The molecule has 0 aromatic heterocycles. The molecule has 3 N–H and O–H groups in total. The maximum absolute atomic E-state index is 13.5. The summed E-state index contributed by atoms with van der Waals surface area (Å²) in [5.41, 5.74) is 1.64. The van der Waals surface area contributed by atoms with Crippen LogP contribution in [0.4, 0.5) is 16.2 Å². The Hall–Kier alpha value is -2.61. The zero-order valence-electron chi connectivity index (χ0n) is 18.4. The van der Waals surface area contributed by atoms with Gasteiger partial charge in [-0.3, -0.25) is 14.5 Å². The lowest BCUT2D eigenvalue weighted by Crippen LogP contribution is -2.52. The zero-order chi connectivity index (χ0) is 22.0. The molecule has 8 nitrogen and oxygen atoms in total. The molecule has 1 aromatic rings. The number of hydrogen-bond acceptors (Lipinski definition) is 4.